The summed E-state index contributed by atoms with van der Waals surface area (Å²) in [5, 5.41) is 15.1. The van der Waals surface area contributed by atoms with E-state index in [0.29, 0.717) is 29.8 Å². The lowest BCUT2D eigenvalue weighted by atomic mass is 10.1. The molecule has 1 heterocycles. The molecule has 3 rings (SSSR count). The lowest BCUT2D eigenvalue weighted by Gasteiger charge is -2.12. The molecule has 0 aliphatic heterocycles. The zero-order chi connectivity index (χ0) is 19.1. The molecule has 0 bridgehead atoms. The van der Waals surface area contributed by atoms with Gasteiger partial charge in [-0.3, -0.25) is 0 Å². The van der Waals surface area contributed by atoms with Crippen molar-refractivity contribution in [1.82, 2.24) is 15.2 Å². The lowest BCUT2D eigenvalue weighted by molar-refractivity contribution is 0.395. The van der Waals surface area contributed by atoms with Gasteiger partial charge in [-0.15, -0.1) is 5.10 Å². The zero-order valence-corrected chi connectivity index (χ0v) is 15.8. The molecule has 3 aromatic rings. The molecule has 0 aliphatic carbocycles. The minimum Gasteiger partial charge on any atom is -0.497 e. The number of halogens is 1. The summed E-state index contributed by atoms with van der Waals surface area (Å²) in [5.41, 5.74) is 1.89. The predicted molar refractivity (Wildman–Crippen MR) is 106 cm³/mol. The Bertz CT molecular complexity index is 907. The fourth-order valence-electron chi connectivity index (χ4n) is 2.49. The Morgan fingerprint density at radius 2 is 1.96 bits per heavy atom. The fourth-order valence-corrected chi connectivity index (χ4v) is 2.70. The summed E-state index contributed by atoms with van der Waals surface area (Å²) in [4.78, 5) is 4.43. The number of rotatable bonds is 8. The van der Waals surface area contributed by atoms with Crippen molar-refractivity contribution in [2.75, 3.05) is 31.4 Å². The van der Waals surface area contributed by atoms with Gasteiger partial charge in [0, 0.05) is 17.6 Å². The van der Waals surface area contributed by atoms with E-state index in [1.807, 2.05) is 36.4 Å². The maximum Gasteiger partial charge on any atom is 0.244 e. The second-order valence-electron chi connectivity index (χ2n) is 5.66. The van der Waals surface area contributed by atoms with Crippen molar-refractivity contribution < 1.29 is 9.47 Å². The van der Waals surface area contributed by atoms with Crippen LogP contribution in [0.4, 0.5) is 17.5 Å². The standard InChI is InChI=1S/C19H20ClN5O2/c1-26-15-6-7-16(17(11-15)27-2)23-18-12-22-25-19(24-18)21-9-8-13-4-3-5-14(20)10-13/h3-7,10-12H,8-9H2,1-2H3,(H2,21,23,24,25). The summed E-state index contributed by atoms with van der Waals surface area (Å²) >= 11 is 6.00. The Morgan fingerprint density at radius 1 is 1.07 bits per heavy atom. The van der Waals surface area contributed by atoms with E-state index in [4.69, 9.17) is 21.1 Å². The Labute approximate surface area is 162 Å². The van der Waals surface area contributed by atoms with Crippen molar-refractivity contribution >= 4 is 29.1 Å². The van der Waals surface area contributed by atoms with Crippen LogP contribution in [0.3, 0.4) is 0 Å². The minimum atomic E-state index is 0.439. The van der Waals surface area contributed by atoms with Crippen LogP contribution in [0.1, 0.15) is 5.56 Å². The topological polar surface area (TPSA) is 81.2 Å². The van der Waals surface area contributed by atoms with E-state index in [9.17, 15) is 0 Å². The molecule has 0 aliphatic rings. The van der Waals surface area contributed by atoms with Crippen molar-refractivity contribution in [2.45, 2.75) is 6.42 Å². The molecule has 7 nitrogen and oxygen atoms in total. The number of aromatic nitrogens is 3. The number of methoxy groups -OCH3 is 2. The van der Waals surface area contributed by atoms with E-state index in [1.165, 1.54) is 0 Å². The number of benzene rings is 2. The van der Waals surface area contributed by atoms with Crippen molar-refractivity contribution in [1.29, 1.82) is 0 Å². The first-order valence-corrected chi connectivity index (χ1v) is 8.73. The van der Waals surface area contributed by atoms with Gasteiger partial charge in [0.1, 0.15) is 11.5 Å². The first kappa shape index (κ1) is 18.7. The highest BCUT2D eigenvalue weighted by molar-refractivity contribution is 6.30. The summed E-state index contributed by atoms with van der Waals surface area (Å²) in [6.07, 6.45) is 2.35. The molecule has 0 unspecified atom stereocenters. The molecule has 2 N–H and O–H groups in total. The number of hydrogen-bond donors (Lipinski definition) is 2. The van der Waals surface area contributed by atoms with E-state index in [0.717, 1.165) is 22.7 Å². The summed E-state index contributed by atoms with van der Waals surface area (Å²) in [6.45, 7) is 0.664. The largest absolute Gasteiger partial charge is 0.497 e. The molecule has 1 aromatic heterocycles. The van der Waals surface area contributed by atoms with Gasteiger partial charge < -0.3 is 20.1 Å². The maximum atomic E-state index is 6.00. The fraction of sp³-hybridized carbons (Fsp3) is 0.211. The van der Waals surface area contributed by atoms with Crippen LogP contribution in [-0.2, 0) is 6.42 Å². The van der Waals surface area contributed by atoms with E-state index in [2.05, 4.69) is 25.8 Å². The normalized spacial score (nSPS) is 10.3. The van der Waals surface area contributed by atoms with Crippen LogP contribution in [0, 0.1) is 0 Å². The second-order valence-corrected chi connectivity index (χ2v) is 6.10. The lowest BCUT2D eigenvalue weighted by Crippen LogP contribution is -2.09. The molecular weight excluding hydrogens is 366 g/mol. The number of hydrogen-bond acceptors (Lipinski definition) is 7. The molecule has 8 heteroatoms. The van der Waals surface area contributed by atoms with Crippen molar-refractivity contribution in [3.8, 4) is 11.5 Å². The monoisotopic (exact) mass is 385 g/mol. The molecular formula is C19H20ClN5O2. The number of anilines is 3. The van der Waals surface area contributed by atoms with Gasteiger partial charge in [-0.1, -0.05) is 23.7 Å². The minimum absolute atomic E-state index is 0.439. The van der Waals surface area contributed by atoms with Gasteiger partial charge in [0.15, 0.2) is 5.82 Å². The highest BCUT2D eigenvalue weighted by Crippen LogP contribution is 2.30. The first-order chi connectivity index (χ1) is 13.2. The van der Waals surface area contributed by atoms with Gasteiger partial charge in [-0.2, -0.15) is 10.1 Å². The van der Waals surface area contributed by atoms with Crippen LogP contribution < -0.4 is 20.1 Å². The highest BCUT2D eigenvalue weighted by atomic mass is 35.5. The SMILES string of the molecule is COc1ccc(Nc2cnnc(NCCc3cccc(Cl)c3)n2)c(OC)c1. The number of nitrogens with zero attached hydrogens (tertiary/aromatic N) is 3. The third-order valence-corrected chi connectivity index (χ3v) is 4.05. The molecule has 0 fully saturated rings. The molecule has 27 heavy (non-hydrogen) atoms. The quantitative estimate of drug-likeness (QED) is 0.607. The van der Waals surface area contributed by atoms with Gasteiger partial charge in [0.05, 0.1) is 26.1 Å². The van der Waals surface area contributed by atoms with E-state index in [-0.39, 0.29) is 0 Å². The molecule has 0 saturated heterocycles. The smallest absolute Gasteiger partial charge is 0.244 e. The van der Waals surface area contributed by atoms with Gasteiger partial charge >= 0.3 is 0 Å². The highest BCUT2D eigenvalue weighted by Gasteiger charge is 2.07. The van der Waals surface area contributed by atoms with E-state index in [1.54, 1.807) is 26.5 Å². The van der Waals surface area contributed by atoms with Crippen LogP contribution in [0.5, 0.6) is 11.5 Å². The molecule has 2 aromatic carbocycles. The average molecular weight is 386 g/mol. The Morgan fingerprint density at radius 3 is 2.74 bits per heavy atom. The summed E-state index contributed by atoms with van der Waals surface area (Å²) < 4.78 is 10.6. The molecule has 140 valence electrons. The van der Waals surface area contributed by atoms with Crippen molar-refractivity contribution in [3.63, 3.8) is 0 Å². The molecule has 0 atom stereocenters. The Kier molecular flexibility index (Phi) is 6.27. The second kappa shape index (κ2) is 9.05. The number of ether oxygens (including phenoxy) is 2. The summed E-state index contributed by atoms with van der Waals surface area (Å²) in [6, 6.07) is 13.2. The Hall–Kier alpha value is -3.06. The third-order valence-electron chi connectivity index (χ3n) is 3.82. The zero-order valence-electron chi connectivity index (χ0n) is 15.1. The molecule has 0 saturated carbocycles. The van der Waals surface area contributed by atoms with Gasteiger partial charge in [-0.25, -0.2) is 0 Å². The van der Waals surface area contributed by atoms with Gasteiger partial charge in [-0.05, 0) is 36.2 Å². The Balaban J connectivity index is 1.63. The van der Waals surface area contributed by atoms with Crippen LogP contribution in [0.15, 0.2) is 48.7 Å². The predicted octanol–water partition coefficient (Wildman–Crippen LogP) is 3.94. The molecule has 0 spiro atoms. The first-order valence-electron chi connectivity index (χ1n) is 8.35. The van der Waals surface area contributed by atoms with E-state index >= 15 is 0 Å². The maximum absolute atomic E-state index is 6.00. The van der Waals surface area contributed by atoms with Gasteiger partial charge in [0.25, 0.3) is 0 Å². The third kappa shape index (κ3) is 5.21. The number of nitrogens with one attached hydrogen (secondary N) is 2. The van der Waals surface area contributed by atoms with Crippen molar-refractivity contribution in [2.24, 2.45) is 0 Å². The van der Waals surface area contributed by atoms with Crippen LogP contribution in [-0.4, -0.2) is 35.9 Å². The van der Waals surface area contributed by atoms with Crippen LogP contribution >= 0.6 is 11.6 Å². The van der Waals surface area contributed by atoms with Gasteiger partial charge in [0.2, 0.25) is 5.95 Å². The van der Waals surface area contributed by atoms with Crippen LogP contribution in [0.25, 0.3) is 0 Å². The molecule has 0 radical (unpaired) electrons. The average Bonchev–Trinajstić information content (AvgIpc) is 2.69. The summed E-state index contributed by atoms with van der Waals surface area (Å²) in [5.74, 6) is 2.35. The van der Waals surface area contributed by atoms with Crippen LogP contribution in [0.2, 0.25) is 5.02 Å². The molecule has 0 amide bonds. The summed E-state index contributed by atoms with van der Waals surface area (Å²) in [7, 11) is 3.21. The van der Waals surface area contributed by atoms with Crippen molar-refractivity contribution in [3.05, 3.63) is 59.2 Å². The van der Waals surface area contributed by atoms with E-state index < -0.39 is 0 Å².